The summed E-state index contributed by atoms with van der Waals surface area (Å²) in [6.45, 7) is 6.23. The predicted octanol–water partition coefficient (Wildman–Crippen LogP) is 2.81. The van der Waals surface area contributed by atoms with Crippen LogP contribution in [0.1, 0.15) is 63.3 Å². The number of amides is 3. The molecular formula is C26H29ClN6O4. The molecule has 1 saturated carbocycles. The lowest BCUT2D eigenvalue weighted by Gasteiger charge is -2.44. The molecule has 2 aliphatic rings. The normalized spacial score (nSPS) is 19.0. The lowest BCUT2D eigenvalue weighted by Crippen LogP contribution is -2.64. The van der Waals surface area contributed by atoms with Gasteiger partial charge in [0.25, 0.3) is 11.8 Å². The summed E-state index contributed by atoms with van der Waals surface area (Å²) in [6, 6.07) is 7.25. The molecule has 1 aliphatic carbocycles. The molecule has 1 aromatic carbocycles. The van der Waals surface area contributed by atoms with E-state index in [0.717, 1.165) is 29.7 Å². The van der Waals surface area contributed by atoms with Crippen LogP contribution in [0, 0.1) is 13.8 Å². The largest absolute Gasteiger partial charge is 0.361 e. The van der Waals surface area contributed by atoms with Crippen molar-refractivity contribution < 1.29 is 18.9 Å². The summed E-state index contributed by atoms with van der Waals surface area (Å²) in [5.41, 5.74) is 1.66. The van der Waals surface area contributed by atoms with Crippen LogP contribution in [0.3, 0.4) is 0 Å². The van der Waals surface area contributed by atoms with Gasteiger partial charge >= 0.3 is 0 Å². The Morgan fingerprint density at radius 3 is 2.65 bits per heavy atom. The van der Waals surface area contributed by atoms with Crippen molar-refractivity contribution in [1.82, 2.24) is 30.2 Å². The highest BCUT2D eigenvalue weighted by Crippen LogP contribution is 2.39. The molecule has 0 radical (unpaired) electrons. The van der Waals surface area contributed by atoms with Gasteiger partial charge in [-0.15, -0.1) is 0 Å². The number of nitrogens with one attached hydrogen (secondary N) is 2. The van der Waals surface area contributed by atoms with Gasteiger partial charge in [-0.3, -0.25) is 14.4 Å². The Hall–Kier alpha value is -3.66. The summed E-state index contributed by atoms with van der Waals surface area (Å²) >= 11 is 6.25. The minimum absolute atomic E-state index is 0.0531. The van der Waals surface area contributed by atoms with Crippen LogP contribution in [-0.4, -0.2) is 55.5 Å². The van der Waals surface area contributed by atoms with Crippen molar-refractivity contribution in [2.75, 3.05) is 6.54 Å². The molecule has 1 unspecified atom stereocenters. The zero-order valence-electron chi connectivity index (χ0n) is 21.0. The molecule has 1 atom stereocenters. The Balaban J connectivity index is 1.33. The molecule has 3 aromatic rings. The Morgan fingerprint density at radius 2 is 1.97 bits per heavy atom. The lowest BCUT2D eigenvalue weighted by atomic mass is 9.93. The van der Waals surface area contributed by atoms with Gasteiger partial charge in [0, 0.05) is 29.7 Å². The van der Waals surface area contributed by atoms with Gasteiger partial charge < -0.3 is 24.6 Å². The number of benzene rings is 1. The second-order valence-electron chi connectivity index (χ2n) is 9.83. The summed E-state index contributed by atoms with van der Waals surface area (Å²) in [5.74, 6) is -0.361. The van der Waals surface area contributed by atoms with Crippen LogP contribution in [-0.2, 0) is 24.3 Å². The number of aryl methyl sites for hydroxylation is 2. The van der Waals surface area contributed by atoms with E-state index in [2.05, 4.69) is 20.8 Å². The Bertz CT molecular complexity index is 1360. The molecular weight excluding hydrogens is 496 g/mol. The maximum atomic E-state index is 13.7. The molecule has 5 rings (SSSR count). The third-order valence-corrected chi connectivity index (χ3v) is 7.49. The highest BCUT2D eigenvalue weighted by molar-refractivity contribution is 6.31. The zero-order chi connectivity index (χ0) is 26.3. The van der Waals surface area contributed by atoms with E-state index in [0.29, 0.717) is 23.7 Å². The first kappa shape index (κ1) is 25.0. The van der Waals surface area contributed by atoms with E-state index in [1.165, 1.54) is 6.33 Å². The first-order valence-corrected chi connectivity index (χ1v) is 12.7. The van der Waals surface area contributed by atoms with Crippen LogP contribution in [0.4, 0.5) is 0 Å². The molecule has 10 nitrogen and oxygen atoms in total. The predicted molar refractivity (Wildman–Crippen MR) is 135 cm³/mol. The SMILES string of the molecule is Cc1noc(C)c1CCNC(=O)c1ncn2c1C(=O)N(C1CC1)C(C)(C(=O)NCc1ccccc1Cl)C2. The van der Waals surface area contributed by atoms with Crippen molar-refractivity contribution in [3.63, 3.8) is 0 Å². The van der Waals surface area contributed by atoms with Gasteiger partial charge in [-0.1, -0.05) is 35.0 Å². The fourth-order valence-corrected chi connectivity index (χ4v) is 5.18. The number of halogens is 1. The van der Waals surface area contributed by atoms with Crippen LogP contribution in [0.15, 0.2) is 35.1 Å². The van der Waals surface area contributed by atoms with Crippen molar-refractivity contribution in [2.24, 2.45) is 0 Å². The van der Waals surface area contributed by atoms with E-state index in [-0.39, 0.29) is 42.3 Å². The maximum Gasteiger partial charge on any atom is 0.274 e. The Kier molecular flexibility index (Phi) is 6.53. The summed E-state index contributed by atoms with van der Waals surface area (Å²) in [7, 11) is 0. The molecule has 194 valence electrons. The zero-order valence-corrected chi connectivity index (χ0v) is 21.8. The van der Waals surface area contributed by atoms with Gasteiger partial charge in [0.2, 0.25) is 5.91 Å². The van der Waals surface area contributed by atoms with E-state index in [1.54, 1.807) is 22.5 Å². The average Bonchev–Trinajstić information content (AvgIpc) is 3.52. The number of hydrogen-bond acceptors (Lipinski definition) is 6. The van der Waals surface area contributed by atoms with Gasteiger partial charge in [0.05, 0.1) is 18.6 Å². The minimum Gasteiger partial charge on any atom is -0.361 e. The molecule has 0 spiro atoms. The summed E-state index contributed by atoms with van der Waals surface area (Å²) in [5, 5.41) is 10.3. The molecule has 3 amide bonds. The van der Waals surface area contributed by atoms with E-state index < -0.39 is 11.4 Å². The average molecular weight is 525 g/mol. The van der Waals surface area contributed by atoms with Gasteiger partial charge in [-0.2, -0.15) is 0 Å². The molecule has 1 aliphatic heterocycles. The maximum absolute atomic E-state index is 13.7. The van der Waals surface area contributed by atoms with Crippen LogP contribution >= 0.6 is 11.6 Å². The van der Waals surface area contributed by atoms with Gasteiger partial charge in [-0.25, -0.2) is 4.98 Å². The van der Waals surface area contributed by atoms with Gasteiger partial charge in [0.1, 0.15) is 17.0 Å². The number of imidazole rings is 1. The van der Waals surface area contributed by atoms with Crippen LogP contribution < -0.4 is 10.6 Å². The number of rotatable bonds is 8. The van der Waals surface area contributed by atoms with Crippen molar-refractivity contribution in [3.05, 3.63) is 69.6 Å². The van der Waals surface area contributed by atoms with Crippen molar-refractivity contribution in [3.8, 4) is 0 Å². The van der Waals surface area contributed by atoms with Crippen LogP contribution in [0.5, 0.6) is 0 Å². The number of fused-ring (bicyclic) bond motifs is 1. The van der Waals surface area contributed by atoms with Gasteiger partial charge in [0.15, 0.2) is 5.69 Å². The summed E-state index contributed by atoms with van der Waals surface area (Å²) < 4.78 is 6.78. The van der Waals surface area contributed by atoms with Crippen LogP contribution in [0.25, 0.3) is 0 Å². The quantitative estimate of drug-likeness (QED) is 0.467. The topological polar surface area (TPSA) is 122 Å². The number of nitrogens with zero attached hydrogens (tertiary/aromatic N) is 4. The molecule has 0 bridgehead atoms. The van der Waals surface area contributed by atoms with E-state index in [9.17, 15) is 14.4 Å². The highest BCUT2D eigenvalue weighted by Gasteiger charge is 2.53. The standard InChI is InChI=1S/C26H29ClN6O4/c1-15-19(16(2)37-31-15)10-11-28-23(34)21-22-24(35)33(18-8-9-18)26(3,13-32(22)14-30-21)25(36)29-12-17-6-4-5-7-20(17)27/h4-7,14,18H,8-13H2,1-3H3,(H,28,34)(H,29,36). The molecule has 2 N–H and O–H groups in total. The number of carbonyl (C=O) groups excluding carboxylic acids is 3. The van der Waals surface area contributed by atoms with Crippen LogP contribution in [0.2, 0.25) is 5.02 Å². The fraction of sp³-hybridized carbons (Fsp3) is 0.423. The second-order valence-corrected chi connectivity index (χ2v) is 10.2. The molecule has 1 fully saturated rings. The van der Waals surface area contributed by atoms with E-state index >= 15 is 0 Å². The third kappa shape index (κ3) is 4.61. The van der Waals surface area contributed by atoms with Crippen molar-refractivity contribution >= 4 is 29.3 Å². The highest BCUT2D eigenvalue weighted by atomic mass is 35.5. The minimum atomic E-state index is -1.13. The summed E-state index contributed by atoms with van der Waals surface area (Å²) in [4.78, 5) is 46.1. The molecule has 0 saturated heterocycles. The fourth-order valence-electron chi connectivity index (χ4n) is 4.97. The van der Waals surface area contributed by atoms with Crippen molar-refractivity contribution in [1.29, 1.82) is 0 Å². The van der Waals surface area contributed by atoms with E-state index in [1.807, 2.05) is 32.0 Å². The number of aromatic nitrogens is 3. The number of carbonyl (C=O) groups is 3. The van der Waals surface area contributed by atoms with E-state index in [4.69, 9.17) is 16.1 Å². The van der Waals surface area contributed by atoms with Crippen molar-refractivity contribution in [2.45, 2.75) is 64.7 Å². The second kappa shape index (κ2) is 9.66. The molecule has 37 heavy (non-hydrogen) atoms. The third-order valence-electron chi connectivity index (χ3n) is 7.12. The number of hydrogen-bond donors (Lipinski definition) is 2. The lowest BCUT2D eigenvalue weighted by molar-refractivity contribution is -0.133. The monoisotopic (exact) mass is 524 g/mol. The van der Waals surface area contributed by atoms with Gasteiger partial charge in [-0.05, 0) is 51.7 Å². The summed E-state index contributed by atoms with van der Waals surface area (Å²) in [6.07, 6.45) is 3.63. The molecule has 2 aromatic heterocycles. The molecule has 3 heterocycles. The Morgan fingerprint density at radius 1 is 1.22 bits per heavy atom. The first-order valence-electron chi connectivity index (χ1n) is 12.3. The Labute approximate surface area is 219 Å². The first-order chi connectivity index (χ1) is 17.7. The molecule has 11 heteroatoms. The smallest absolute Gasteiger partial charge is 0.274 e.